The standard InChI is InChI=1S/C9H18F2N2O2S/c1-2-7-13(16(14,15)9(10)11)8-3-5-12-6-4-8/h8-9,12H,2-7H2,1H3. The predicted octanol–water partition coefficient (Wildman–Crippen LogP) is 1.00. The average molecular weight is 256 g/mol. The molecule has 0 saturated carbocycles. The summed E-state index contributed by atoms with van der Waals surface area (Å²) < 4.78 is 48.9. The minimum Gasteiger partial charge on any atom is -0.317 e. The summed E-state index contributed by atoms with van der Waals surface area (Å²) in [6.45, 7) is 3.33. The Balaban J connectivity index is 2.80. The molecule has 1 aliphatic heterocycles. The summed E-state index contributed by atoms with van der Waals surface area (Å²) in [6, 6.07) is -0.278. The first-order valence-corrected chi connectivity index (χ1v) is 7.00. The average Bonchev–Trinajstić information content (AvgIpc) is 2.26. The summed E-state index contributed by atoms with van der Waals surface area (Å²) in [5.41, 5.74) is 0. The fourth-order valence-electron chi connectivity index (χ4n) is 1.94. The van der Waals surface area contributed by atoms with Crippen molar-refractivity contribution in [2.24, 2.45) is 0 Å². The molecule has 0 spiro atoms. The molecular weight excluding hydrogens is 238 g/mol. The molecule has 1 heterocycles. The number of nitrogens with zero attached hydrogens (tertiary/aromatic N) is 1. The Morgan fingerprint density at radius 1 is 1.38 bits per heavy atom. The van der Waals surface area contributed by atoms with Crippen LogP contribution in [0, 0.1) is 0 Å². The number of hydrogen-bond acceptors (Lipinski definition) is 3. The second-order valence-corrected chi connectivity index (χ2v) is 5.75. The molecule has 7 heteroatoms. The molecule has 0 atom stereocenters. The van der Waals surface area contributed by atoms with Gasteiger partial charge in [0.05, 0.1) is 0 Å². The largest absolute Gasteiger partial charge is 0.350 e. The zero-order chi connectivity index (χ0) is 12.2. The molecule has 0 aromatic carbocycles. The van der Waals surface area contributed by atoms with Crippen LogP contribution in [0.2, 0.25) is 0 Å². The van der Waals surface area contributed by atoms with E-state index in [4.69, 9.17) is 0 Å². The molecule has 1 N–H and O–H groups in total. The van der Waals surface area contributed by atoms with Gasteiger partial charge in [-0.3, -0.25) is 0 Å². The summed E-state index contributed by atoms with van der Waals surface area (Å²) >= 11 is 0. The van der Waals surface area contributed by atoms with Crippen LogP contribution in [0.25, 0.3) is 0 Å². The van der Waals surface area contributed by atoms with Gasteiger partial charge in [-0.15, -0.1) is 0 Å². The highest BCUT2D eigenvalue weighted by Crippen LogP contribution is 2.21. The van der Waals surface area contributed by atoms with E-state index in [9.17, 15) is 17.2 Å². The molecule has 0 radical (unpaired) electrons. The van der Waals surface area contributed by atoms with Crippen LogP contribution < -0.4 is 5.32 Å². The van der Waals surface area contributed by atoms with Crippen molar-refractivity contribution in [1.82, 2.24) is 9.62 Å². The number of alkyl halides is 2. The fraction of sp³-hybridized carbons (Fsp3) is 1.00. The van der Waals surface area contributed by atoms with Crippen LogP contribution >= 0.6 is 0 Å². The lowest BCUT2D eigenvalue weighted by Crippen LogP contribution is -2.48. The van der Waals surface area contributed by atoms with E-state index < -0.39 is 15.8 Å². The van der Waals surface area contributed by atoms with Crippen molar-refractivity contribution >= 4 is 10.0 Å². The van der Waals surface area contributed by atoms with E-state index in [0.29, 0.717) is 32.4 Å². The van der Waals surface area contributed by atoms with Crippen molar-refractivity contribution in [3.05, 3.63) is 0 Å². The van der Waals surface area contributed by atoms with E-state index in [2.05, 4.69) is 5.32 Å². The second-order valence-electron chi connectivity index (χ2n) is 3.90. The molecule has 0 aliphatic carbocycles. The van der Waals surface area contributed by atoms with Gasteiger partial charge in [-0.2, -0.15) is 13.1 Å². The van der Waals surface area contributed by atoms with E-state index in [1.165, 1.54) is 0 Å². The first kappa shape index (κ1) is 13.8. The molecule has 1 aliphatic rings. The van der Waals surface area contributed by atoms with Crippen molar-refractivity contribution in [2.45, 2.75) is 38.0 Å². The fourth-order valence-corrected chi connectivity index (χ4v) is 3.20. The van der Waals surface area contributed by atoms with Gasteiger partial charge in [0.15, 0.2) is 0 Å². The van der Waals surface area contributed by atoms with Gasteiger partial charge in [0.2, 0.25) is 0 Å². The number of halogens is 2. The third kappa shape index (κ3) is 3.11. The smallest absolute Gasteiger partial charge is 0.317 e. The van der Waals surface area contributed by atoms with Gasteiger partial charge in [-0.05, 0) is 32.4 Å². The molecule has 0 amide bonds. The Kier molecular flexibility index (Phi) is 5.07. The highest BCUT2D eigenvalue weighted by molar-refractivity contribution is 7.89. The van der Waals surface area contributed by atoms with E-state index >= 15 is 0 Å². The molecule has 96 valence electrons. The van der Waals surface area contributed by atoms with Gasteiger partial charge in [0.1, 0.15) is 0 Å². The molecule has 4 nitrogen and oxygen atoms in total. The van der Waals surface area contributed by atoms with Gasteiger partial charge < -0.3 is 5.32 Å². The quantitative estimate of drug-likeness (QED) is 0.798. The van der Waals surface area contributed by atoms with E-state index in [-0.39, 0.29) is 12.6 Å². The Morgan fingerprint density at radius 2 is 1.94 bits per heavy atom. The monoisotopic (exact) mass is 256 g/mol. The highest BCUT2D eigenvalue weighted by Gasteiger charge is 2.36. The van der Waals surface area contributed by atoms with Crippen LogP contribution in [0.3, 0.4) is 0 Å². The zero-order valence-electron chi connectivity index (χ0n) is 9.33. The van der Waals surface area contributed by atoms with Crippen molar-refractivity contribution < 1.29 is 17.2 Å². The number of sulfonamides is 1. The van der Waals surface area contributed by atoms with Crippen molar-refractivity contribution in [3.8, 4) is 0 Å². The minimum atomic E-state index is -4.43. The zero-order valence-corrected chi connectivity index (χ0v) is 10.1. The molecule has 0 aromatic heterocycles. The molecule has 0 bridgehead atoms. The SMILES string of the molecule is CCCN(C1CCNCC1)S(=O)(=O)C(F)F. The van der Waals surface area contributed by atoms with Gasteiger partial charge >= 0.3 is 5.76 Å². The molecule has 16 heavy (non-hydrogen) atoms. The predicted molar refractivity (Wildman–Crippen MR) is 57.8 cm³/mol. The topological polar surface area (TPSA) is 49.4 Å². The van der Waals surface area contributed by atoms with Crippen LogP contribution in [0.1, 0.15) is 26.2 Å². The lowest BCUT2D eigenvalue weighted by atomic mass is 10.1. The van der Waals surface area contributed by atoms with Crippen LogP contribution in [0.5, 0.6) is 0 Å². The van der Waals surface area contributed by atoms with E-state index in [1.54, 1.807) is 6.92 Å². The molecule has 0 unspecified atom stereocenters. The van der Waals surface area contributed by atoms with Gasteiger partial charge in [0.25, 0.3) is 10.0 Å². The number of hydrogen-bond donors (Lipinski definition) is 1. The van der Waals surface area contributed by atoms with Crippen molar-refractivity contribution in [1.29, 1.82) is 0 Å². The number of piperidine rings is 1. The summed E-state index contributed by atoms with van der Waals surface area (Å²) in [5, 5.41) is 3.08. The van der Waals surface area contributed by atoms with E-state index in [1.807, 2.05) is 0 Å². The molecular formula is C9H18F2N2O2S. The first-order valence-electron chi connectivity index (χ1n) is 5.49. The molecule has 1 saturated heterocycles. The lowest BCUT2D eigenvalue weighted by Gasteiger charge is -2.33. The number of rotatable bonds is 5. The van der Waals surface area contributed by atoms with Gasteiger partial charge in [-0.25, -0.2) is 8.42 Å². The first-order chi connectivity index (χ1) is 7.50. The summed E-state index contributed by atoms with van der Waals surface area (Å²) in [5.74, 6) is -3.31. The third-order valence-corrected chi connectivity index (χ3v) is 4.30. The van der Waals surface area contributed by atoms with E-state index in [0.717, 1.165) is 4.31 Å². The summed E-state index contributed by atoms with van der Waals surface area (Å²) in [7, 11) is -4.43. The van der Waals surface area contributed by atoms with Gasteiger partial charge in [-0.1, -0.05) is 6.92 Å². The Labute approximate surface area is 95.1 Å². The van der Waals surface area contributed by atoms with Crippen molar-refractivity contribution in [2.75, 3.05) is 19.6 Å². The Bertz CT molecular complexity index is 303. The molecule has 0 aromatic rings. The third-order valence-electron chi connectivity index (χ3n) is 2.71. The summed E-state index contributed by atoms with van der Waals surface area (Å²) in [4.78, 5) is 0. The van der Waals surface area contributed by atoms with Gasteiger partial charge in [0, 0.05) is 12.6 Å². The second kappa shape index (κ2) is 5.88. The Morgan fingerprint density at radius 3 is 2.38 bits per heavy atom. The van der Waals surface area contributed by atoms with Crippen LogP contribution in [-0.2, 0) is 10.0 Å². The maximum absolute atomic E-state index is 12.5. The minimum absolute atomic E-state index is 0.178. The molecule has 1 fully saturated rings. The van der Waals surface area contributed by atoms with Crippen LogP contribution in [0.15, 0.2) is 0 Å². The maximum Gasteiger partial charge on any atom is 0.350 e. The number of nitrogens with one attached hydrogen (secondary N) is 1. The molecule has 1 rings (SSSR count). The lowest BCUT2D eigenvalue weighted by molar-refractivity contribution is 0.197. The highest BCUT2D eigenvalue weighted by atomic mass is 32.2. The van der Waals surface area contributed by atoms with Crippen LogP contribution in [0.4, 0.5) is 8.78 Å². The normalized spacial score (nSPS) is 19.6. The Hall–Kier alpha value is -0.270. The maximum atomic E-state index is 12.5. The summed E-state index contributed by atoms with van der Waals surface area (Å²) in [6.07, 6.45) is 1.76. The van der Waals surface area contributed by atoms with Crippen LogP contribution in [-0.4, -0.2) is 44.2 Å². The van der Waals surface area contributed by atoms with Crippen molar-refractivity contribution in [3.63, 3.8) is 0 Å².